The average Bonchev–Trinajstić information content (AvgIpc) is 2.38. The summed E-state index contributed by atoms with van der Waals surface area (Å²) in [5.41, 5.74) is 0.305. The fourth-order valence-corrected chi connectivity index (χ4v) is 2.38. The molecule has 5 heteroatoms. The highest BCUT2D eigenvalue weighted by molar-refractivity contribution is 9.10. The van der Waals surface area contributed by atoms with Crippen LogP contribution in [-0.2, 0) is 0 Å². The fraction of sp³-hybridized carbons (Fsp3) is 0.0769. The maximum absolute atomic E-state index is 12.9. The molecule has 0 bridgehead atoms. The molecule has 0 spiro atoms. The Kier molecular flexibility index (Phi) is 4.49. The number of hydrogen-bond donors (Lipinski definition) is 0. The number of thioether (sulfide) groups is 1. The van der Waals surface area contributed by atoms with Crippen LogP contribution in [0.25, 0.3) is 0 Å². The van der Waals surface area contributed by atoms with E-state index in [1.807, 2.05) is 24.3 Å². The number of aromatic nitrogens is 1. The zero-order valence-electron chi connectivity index (χ0n) is 9.27. The number of carbonyl (C=O) groups excluding carboxylic acids is 1. The Morgan fingerprint density at radius 2 is 2.00 bits per heavy atom. The second-order valence-corrected chi connectivity index (χ2v) is 5.52. The van der Waals surface area contributed by atoms with Crippen molar-refractivity contribution in [2.45, 2.75) is 4.90 Å². The van der Waals surface area contributed by atoms with Gasteiger partial charge >= 0.3 is 0 Å². The van der Waals surface area contributed by atoms with E-state index in [4.69, 9.17) is 0 Å². The van der Waals surface area contributed by atoms with Gasteiger partial charge in [0.2, 0.25) is 0 Å². The lowest BCUT2D eigenvalue weighted by molar-refractivity contribution is 0.102. The monoisotopic (exact) mass is 325 g/mol. The van der Waals surface area contributed by atoms with Gasteiger partial charge in [0.15, 0.2) is 5.78 Å². The zero-order valence-corrected chi connectivity index (χ0v) is 11.7. The van der Waals surface area contributed by atoms with E-state index in [-0.39, 0.29) is 11.5 Å². The Labute approximate surface area is 117 Å². The minimum absolute atomic E-state index is 0.130. The van der Waals surface area contributed by atoms with Crippen LogP contribution in [0.3, 0.4) is 0 Å². The molecule has 1 heterocycles. The molecule has 2 aromatic rings. The Morgan fingerprint density at radius 1 is 1.28 bits per heavy atom. The highest BCUT2D eigenvalue weighted by Crippen LogP contribution is 2.21. The summed E-state index contributed by atoms with van der Waals surface area (Å²) in [4.78, 5) is 16.5. The molecule has 0 saturated heterocycles. The van der Waals surface area contributed by atoms with Gasteiger partial charge in [-0.3, -0.25) is 9.78 Å². The zero-order chi connectivity index (χ0) is 13.0. The molecule has 1 aromatic heterocycles. The van der Waals surface area contributed by atoms with Crippen LogP contribution in [0.2, 0.25) is 0 Å². The number of pyridine rings is 1. The topological polar surface area (TPSA) is 30.0 Å². The van der Waals surface area contributed by atoms with Crippen molar-refractivity contribution in [3.05, 3.63) is 58.6 Å². The lowest BCUT2D eigenvalue weighted by Crippen LogP contribution is -2.03. The molecule has 0 N–H and O–H groups in total. The van der Waals surface area contributed by atoms with Crippen molar-refractivity contribution >= 4 is 33.5 Å². The smallest absolute Gasteiger partial charge is 0.174 e. The first kappa shape index (κ1) is 13.2. The fourth-order valence-electron chi connectivity index (χ4n) is 1.33. The summed E-state index contributed by atoms with van der Waals surface area (Å²) < 4.78 is 13.9. The number of nitrogens with zero attached hydrogens (tertiary/aromatic N) is 1. The third kappa shape index (κ3) is 3.65. The molecule has 2 nitrogen and oxygen atoms in total. The predicted molar refractivity (Wildman–Crippen MR) is 73.4 cm³/mol. The molecule has 0 fully saturated rings. The van der Waals surface area contributed by atoms with Crippen molar-refractivity contribution in [1.82, 2.24) is 4.98 Å². The predicted octanol–water partition coefficient (Wildman–Crippen LogP) is 3.96. The lowest BCUT2D eigenvalue weighted by atomic mass is 10.2. The van der Waals surface area contributed by atoms with E-state index in [0.29, 0.717) is 5.56 Å². The van der Waals surface area contributed by atoms with Crippen molar-refractivity contribution in [3.63, 3.8) is 0 Å². The molecule has 0 saturated carbocycles. The van der Waals surface area contributed by atoms with E-state index in [0.717, 1.165) is 15.6 Å². The summed E-state index contributed by atoms with van der Waals surface area (Å²) in [5, 5.41) is 0. The minimum atomic E-state index is -0.491. The number of Topliss-reactive ketones (excluding diaryl/α,β-unsaturated/α-hetero) is 1. The molecule has 92 valence electrons. The van der Waals surface area contributed by atoms with Gasteiger partial charge in [0.25, 0.3) is 0 Å². The van der Waals surface area contributed by atoms with Crippen molar-refractivity contribution < 1.29 is 9.18 Å². The molecule has 0 unspecified atom stereocenters. The van der Waals surface area contributed by atoms with Crippen LogP contribution in [0.15, 0.2) is 52.1 Å². The Balaban J connectivity index is 1.98. The van der Waals surface area contributed by atoms with Gasteiger partial charge in [0.05, 0.1) is 11.9 Å². The van der Waals surface area contributed by atoms with E-state index in [1.54, 1.807) is 0 Å². The lowest BCUT2D eigenvalue weighted by Gasteiger charge is -2.02. The van der Waals surface area contributed by atoms with Gasteiger partial charge in [-0.05, 0) is 30.3 Å². The normalized spacial score (nSPS) is 10.3. The summed E-state index contributed by atoms with van der Waals surface area (Å²) >= 11 is 4.76. The standard InChI is InChI=1S/C13H9BrFNOS/c14-10-1-3-12(4-2-10)18-8-13(17)9-5-11(15)7-16-6-9/h1-7H,8H2. The highest BCUT2D eigenvalue weighted by Gasteiger charge is 2.08. The van der Waals surface area contributed by atoms with Crippen LogP contribution >= 0.6 is 27.7 Å². The number of benzene rings is 1. The number of carbonyl (C=O) groups is 1. The summed E-state index contributed by atoms with van der Waals surface area (Å²) in [6.07, 6.45) is 2.46. The molecule has 18 heavy (non-hydrogen) atoms. The quantitative estimate of drug-likeness (QED) is 0.629. The second kappa shape index (κ2) is 6.11. The largest absolute Gasteiger partial charge is 0.293 e. The van der Waals surface area contributed by atoms with Crippen molar-refractivity contribution in [2.75, 3.05) is 5.75 Å². The molecule has 0 atom stereocenters. The number of ketones is 1. The maximum Gasteiger partial charge on any atom is 0.174 e. The third-order valence-corrected chi connectivity index (χ3v) is 3.75. The first-order chi connectivity index (χ1) is 8.65. The van der Waals surface area contributed by atoms with Crippen LogP contribution in [0.4, 0.5) is 4.39 Å². The summed E-state index contributed by atoms with van der Waals surface area (Å²) in [5.74, 6) is -0.350. The molecular formula is C13H9BrFNOS. The van der Waals surface area contributed by atoms with Crippen LogP contribution < -0.4 is 0 Å². The minimum Gasteiger partial charge on any atom is -0.293 e. The Bertz CT molecular complexity index is 559. The summed E-state index contributed by atoms with van der Waals surface area (Å²) in [7, 11) is 0. The molecule has 1 aromatic carbocycles. The molecule has 0 aliphatic heterocycles. The van der Waals surface area contributed by atoms with Gasteiger partial charge in [-0.1, -0.05) is 15.9 Å². The van der Waals surface area contributed by atoms with Crippen molar-refractivity contribution in [1.29, 1.82) is 0 Å². The van der Waals surface area contributed by atoms with E-state index >= 15 is 0 Å². The molecular weight excluding hydrogens is 317 g/mol. The van der Waals surface area contributed by atoms with Gasteiger partial charge < -0.3 is 0 Å². The summed E-state index contributed by atoms with van der Waals surface area (Å²) in [6, 6.07) is 8.88. The van der Waals surface area contributed by atoms with E-state index in [9.17, 15) is 9.18 Å². The van der Waals surface area contributed by atoms with Crippen LogP contribution in [-0.4, -0.2) is 16.5 Å². The van der Waals surface area contributed by atoms with E-state index < -0.39 is 5.82 Å². The van der Waals surface area contributed by atoms with Crippen LogP contribution in [0, 0.1) is 5.82 Å². The molecule has 0 aliphatic carbocycles. The van der Waals surface area contributed by atoms with Crippen LogP contribution in [0.5, 0.6) is 0 Å². The molecule has 0 radical (unpaired) electrons. The first-order valence-electron chi connectivity index (χ1n) is 5.17. The first-order valence-corrected chi connectivity index (χ1v) is 6.95. The van der Waals surface area contributed by atoms with Gasteiger partial charge in [-0.2, -0.15) is 0 Å². The number of halogens is 2. The Morgan fingerprint density at radius 3 is 2.67 bits per heavy atom. The van der Waals surface area contributed by atoms with Crippen molar-refractivity contribution in [2.24, 2.45) is 0 Å². The number of rotatable bonds is 4. The van der Waals surface area contributed by atoms with Crippen LogP contribution in [0.1, 0.15) is 10.4 Å². The average molecular weight is 326 g/mol. The summed E-state index contributed by atoms with van der Waals surface area (Å²) in [6.45, 7) is 0. The van der Waals surface area contributed by atoms with Gasteiger partial charge in [-0.15, -0.1) is 11.8 Å². The molecule has 2 rings (SSSR count). The third-order valence-electron chi connectivity index (χ3n) is 2.21. The number of hydrogen-bond acceptors (Lipinski definition) is 3. The second-order valence-electron chi connectivity index (χ2n) is 3.56. The molecule has 0 aliphatic rings. The SMILES string of the molecule is O=C(CSc1ccc(Br)cc1)c1cncc(F)c1. The highest BCUT2D eigenvalue weighted by atomic mass is 79.9. The molecule has 0 amide bonds. The van der Waals surface area contributed by atoms with E-state index in [2.05, 4.69) is 20.9 Å². The van der Waals surface area contributed by atoms with Gasteiger partial charge in [0.1, 0.15) is 5.82 Å². The van der Waals surface area contributed by atoms with Gasteiger partial charge in [0, 0.05) is 21.1 Å². The Hall–Kier alpha value is -1.20. The van der Waals surface area contributed by atoms with Gasteiger partial charge in [-0.25, -0.2) is 4.39 Å². The van der Waals surface area contributed by atoms with Crippen molar-refractivity contribution in [3.8, 4) is 0 Å². The van der Waals surface area contributed by atoms with E-state index in [1.165, 1.54) is 24.0 Å². The maximum atomic E-state index is 12.9.